The highest BCUT2D eigenvalue weighted by atomic mass is 79.9. The summed E-state index contributed by atoms with van der Waals surface area (Å²) in [6.07, 6.45) is 0. The second kappa shape index (κ2) is 8.91. The number of aromatic nitrogens is 3. The van der Waals surface area contributed by atoms with Crippen LogP contribution in [0, 0.1) is 6.92 Å². The van der Waals surface area contributed by atoms with Gasteiger partial charge < -0.3 is 9.88 Å². The topological polar surface area (TPSA) is 59.8 Å². The molecule has 0 saturated heterocycles. The first-order chi connectivity index (χ1) is 13.0. The molecule has 3 aromatic rings. The van der Waals surface area contributed by atoms with E-state index in [1.807, 2.05) is 42.7 Å². The molecule has 8 heteroatoms. The third-order valence-corrected chi connectivity index (χ3v) is 5.62. The van der Waals surface area contributed by atoms with Crippen molar-refractivity contribution in [1.82, 2.24) is 14.8 Å². The van der Waals surface area contributed by atoms with Crippen LogP contribution in [0.5, 0.6) is 0 Å². The maximum absolute atomic E-state index is 12.3. The number of nitrogens with one attached hydrogen (secondary N) is 1. The summed E-state index contributed by atoms with van der Waals surface area (Å²) in [6.45, 7) is 4.80. The monoisotopic (exact) mass is 464 g/mol. The maximum Gasteiger partial charge on any atom is 0.234 e. The summed E-state index contributed by atoms with van der Waals surface area (Å²) in [4.78, 5) is 12.3. The Kier molecular flexibility index (Phi) is 6.57. The summed E-state index contributed by atoms with van der Waals surface area (Å²) in [5, 5.41) is 12.6. The van der Waals surface area contributed by atoms with Gasteiger partial charge in [-0.05, 0) is 38.1 Å². The van der Waals surface area contributed by atoms with Crippen LogP contribution in [0.3, 0.4) is 0 Å². The summed E-state index contributed by atoms with van der Waals surface area (Å²) in [5.41, 5.74) is 2.77. The van der Waals surface area contributed by atoms with E-state index in [0.717, 1.165) is 28.0 Å². The molecule has 0 saturated carbocycles. The highest BCUT2D eigenvalue weighted by molar-refractivity contribution is 9.10. The molecule has 0 atom stereocenters. The lowest BCUT2D eigenvalue weighted by atomic mass is 10.1. The molecule has 2 aromatic carbocycles. The van der Waals surface area contributed by atoms with Crippen molar-refractivity contribution in [2.75, 3.05) is 11.1 Å². The van der Waals surface area contributed by atoms with E-state index >= 15 is 0 Å². The van der Waals surface area contributed by atoms with E-state index in [1.165, 1.54) is 11.8 Å². The van der Waals surface area contributed by atoms with Gasteiger partial charge in [0.05, 0.1) is 16.5 Å². The zero-order chi connectivity index (χ0) is 19.4. The molecular weight excluding hydrogens is 448 g/mol. The highest BCUT2D eigenvalue weighted by Gasteiger charge is 2.15. The third-order valence-electron chi connectivity index (χ3n) is 3.85. The van der Waals surface area contributed by atoms with Crippen LogP contribution in [-0.4, -0.2) is 26.4 Å². The molecule has 140 valence electrons. The molecule has 1 N–H and O–H groups in total. The molecule has 3 rings (SSSR count). The van der Waals surface area contributed by atoms with Crippen molar-refractivity contribution in [3.05, 3.63) is 57.5 Å². The van der Waals surface area contributed by atoms with E-state index in [0.29, 0.717) is 15.9 Å². The maximum atomic E-state index is 12.3. The summed E-state index contributed by atoms with van der Waals surface area (Å²) in [5.74, 6) is 0.880. The Bertz CT molecular complexity index is 976. The van der Waals surface area contributed by atoms with Gasteiger partial charge in [0.15, 0.2) is 11.0 Å². The summed E-state index contributed by atoms with van der Waals surface area (Å²) < 4.78 is 2.87. The molecular formula is C19H18BrClN4OS. The first-order valence-electron chi connectivity index (χ1n) is 8.36. The smallest absolute Gasteiger partial charge is 0.234 e. The number of aryl methyl sites for hydroxylation is 1. The molecule has 5 nitrogen and oxygen atoms in total. The fraction of sp³-hybridized carbons (Fsp3) is 0.211. The molecule has 1 amide bonds. The Morgan fingerprint density at radius 1 is 1.26 bits per heavy atom. The number of amides is 1. The molecule has 0 aliphatic heterocycles. The van der Waals surface area contributed by atoms with Crippen molar-refractivity contribution < 1.29 is 4.79 Å². The molecule has 27 heavy (non-hydrogen) atoms. The molecule has 1 heterocycles. The minimum absolute atomic E-state index is 0.146. The molecule has 0 bridgehead atoms. The quantitative estimate of drug-likeness (QED) is 0.494. The summed E-state index contributed by atoms with van der Waals surface area (Å²) >= 11 is 10.8. The van der Waals surface area contributed by atoms with Gasteiger partial charge in [0.25, 0.3) is 0 Å². The van der Waals surface area contributed by atoms with Crippen molar-refractivity contribution in [2.45, 2.75) is 25.5 Å². The zero-order valence-electron chi connectivity index (χ0n) is 14.9. The Morgan fingerprint density at radius 3 is 2.78 bits per heavy atom. The minimum Gasteiger partial charge on any atom is -0.324 e. The number of halogens is 2. The Hall–Kier alpha value is -1.83. The van der Waals surface area contributed by atoms with E-state index in [9.17, 15) is 4.79 Å². The van der Waals surface area contributed by atoms with E-state index in [2.05, 4.69) is 37.5 Å². The van der Waals surface area contributed by atoms with Gasteiger partial charge in [-0.2, -0.15) is 0 Å². The van der Waals surface area contributed by atoms with E-state index in [-0.39, 0.29) is 11.7 Å². The average Bonchev–Trinajstić information content (AvgIpc) is 3.05. The molecule has 0 fully saturated rings. The second-order valence-corrected chi connectivity index (χ2v) is 8.15. The van der Waals surface area contributed by atoms with Crippen LogP contribution in [0.25, 0.3) is 11.4 Å². The number of nitrogens with zero attached hydrogens (tertiary/aromatic N) is 3. The lowest BCUT2D eigenvalue weighted by Crippen LogP contribution is -2.15. The number of carbonyl (C=O) groups is 1. The van der Waals surface area contributed by atoms with E-state index < -0.39 is 0 Å². The molecule has 0 aliphatic rings. The van der Waals surface area contributed by atoms with Crippen molar-refractivity contribution in [3.63, 3.8) is 0 Å². The average molecular weight is 466 g/mol. The fourth-order valence-electron chi connectivity index (χ4n) is 2.59. The highest BCUT2D eigenvalue weighted by Crippen LogP contribution is 2.27. The van der Waals surface area contributed by atoms with Gasteiger partial charge in [-0.15, -0.1) is 10.2 Å². The molecule has 0 spiro atoms. The second-order valence-electron chi connectivity index (χ2n) is 5.88. The van der Waals surface area contributed by atoms with Crippen LogP contribution in [0.4, 0.5) is 5.69 Å². The number of hydrogen-bond acceptors (Lipinski definition) is 4. The van der Waals surface area contributed by atoms with Gasteiger partial charge in [-0.3, -0.25) is 4.79 Å². The van der Waals surface area contributed by atoms with Crippen molar-refractivity contribution in [2.24, 2.45) is 0 Å². The van der Waals surface area contributed by atoms with Crippen LogP contribution in [0.1, 0.15) is 12.5 Å². The van der Waals surface area contributed by atoms with Crippen LogP contribution in [0.15, 0.2) is 52.1 Å². The van der Waals surface area contributed by atoms with Gasteiger partial charge in [0.2, 0.25) is 5.91 Å². The molecule has 0 aliphatic carbocycles. The third kappa shape index (κ3) is 4.91. The number of benzene rings is 2. The lowest BCUT2D eigenvalue weighted by molar-refractivity contribution is -0.113. The number of hydrogen-bond donors (Lipinski definition) is 1. The predicted molar refractivity (Wildman–Crippen MR) is 114 cm³/mol. The first-order valence-corrected chi connectivity index (χ1v) is 10.5. The van der Waals surface area contributed by atoms with Crippen molar-refractivity contribution in [1.29, 1.82) is 0 Å². The van der Waals surface area contributed by atoms with Crippen LogP contribution < -0.4 is 5.32 Å². The number of rotatable bonds is 6. The lowest BCUT2D eigenvalue weighted by Gasteiger charge is -2.09. The summed E-state index contributed by atoms with van der Waals surface area (Å²) in [6, 6.07) is 13.5. The van der Waals surface area contributed by atoms with E-state index in [4.69, 9.17) is 11.6 Å². The molecule has 1 aromatic heterocycles. The van der Waals surface area contributed by atoms with Crippen LogP contribution in [0.2, 0.25) is 5.02 Å². The number of carbonyl (C=O) groups excluding carboxylic acids is 1. The first kappa shape index (κ1) is 19.9. The van der Waals surface area contributed by atoms with Crippen LogP contribution >= 0.6 is 39.3 Å². The van der Waals surface area contributed by atoms with Crippen LogP contribution in [-0.2, 0) is 11.3 Å². The Morgan fingerprint density at radius 2 is 2.07 bits per heavy atom. The van der Waals surface area contributed by atoms with E-state index in [1.54, 1.807) is 12.1 Å². The number of thioether (sulfide) groups is 1. The van der Waals surface area contributed by atoms with Gasteiger partial charge in [-0.1, -0.05) is 63.1 Å². The largest absolute Gasteiger partial charge is 0.324 e. The molecule has 0 radical (unpaired) electrons. The van der Waals surface area contributed by atoms with Gasteiger partial charge in [0, 0.05) is 16.6 Å². The fourth-order valence-corrected chi connectivity index (χ4v) is 4.11. The van der Waals surface area contributed by atoms with Crippen molar-refractivity contribution in [3.8, 4) is 11.4 Å². The SMILES string of the molecule is CCn1c(SCC(=O)Nc2ccc(Br)cc2Cl)nnc1-c1cccc(C)c1. The molecule has 0 unspecified atom stereocenters. The van der Waals surface area contributed by atoms with Gasteiger partial charge in [-0.25, -0.2) is 0 Å². The Balaban J connectivity index is 1.70. The Labute approximate surface area is 175 Å². The normalized spacial score (nSPS) is 10.8. The van der Waals surface area contributed by atoms with Gasteiger partial charge in [0.1, 0.15) is 0 Å². The predicted octanol–water partition coefficient (Wildman–Crippen LogP) is 5.42. The standard InChI is InChI=1S/C19H18BrClN4OS/c1-3-25-18(13-6-4-5-12(2)9-13)23-24-19(25)27-11-17(26)22-16-8-7-14(20)10-15(16)21/h4-10H,3,11H2,1-2H3,(H,22,26). The number of anilines is 1. The van der Waals surface area contributed by atoms with Crippen molar-refractivity contribution >= 4 is 50.9 Å². The minimum atomic E-state index is -0.146. The summed E-state index contributed by atoms with van der Waals surface area (Å²) in [7, 11) is 0. The zero-order valence-corrected chi connectivity index (χ0v) is 18.0. The van der Waals surface area contributed by atoms with Gasteiger partial charge >= 0.3 is 0 Å².